The van der Waals surface area contributed by atoms with Crippen molar-refractivity contribution >= 4 is 39.9 Å². The van der Waals surface area contributed by atoms with Crippen molar-refractivity contribution in [2.75, 3.05) is 0 Å². The lowest BCUT2D eigenvalue weighted by Crippen LogP contribution is -2.29. The van der Waals surface area contributed by atoms with Crippen LogP contribution in [0.25, 0.3) is 0 Å². The van der Waals surface area contributed by atoms with E-state index in [1.807, 2.05) is 19.2 Å². The predicted octanol–water partition coefficient (Wildman–Crippen LogP) is 3.99. The van der Waals surface area contributed by atoms with Gasteiger partial charge in [-0.1, -0.05) is 0 Å². The van der Waals surface area contributed by atoms with E-state index in [0.717, 1.165) is 22.8 Å². The van der Waals surface area contributed by atoms with Crippen LogP contribution in [0.5, 0.6) is 0 Å². The average molecular weight is 350 g/mol. The number of aromatic nitrogens is 2. The van der Waals surface area contributed by atoms with Crippen molar-refractivity contribution in [3.05, 3.63) is 54.6 Å². The van der Waals surface area contributed by atoms with Gasteiger partial charge in [0.05, 0.1) is 17.2 Å². The van der Waals surface area contributed by atoms with E-state index in [1.165, 1.54) is 16.9 Å². The van der Waals surface area contributed by atoms with E-state index in [2.05, 4.69) is 32.1 Å². The highest BCUT2D eigenvalue weighted by Crippen LogP contribution is 2.24. The number of rotatable bonds is 5. The van der Waals surface area contributed by atoms with E-state index in [-0.39, 0.29) is 11.9 Å². The molecule has 1 amide bonds. The van der Waals surface area contributed by atoms with Crippen LogP contribution in [0.1, 0.15) is 37.7 Å². The summed E-state index contributed by atoms with van der Waals surface area (Å²) >= 11 is 4.62. The first-order valence-electron chi connectivity index (χ1n) is 6.77. The summed E-state index contributed by atoms with van der Waals surface area (Å²) in [5, 5.41) is 10.2. The summed E-state index contributed by atoms with van der Waals surface area (Å²) in [5.74, 6) is -0.0758. The van der Waals surface area contributed by atoms with Gasteiger partial charge in [-0.2, -0.15) is 11.3 Å². The normalized spacial score (nSPS) is 12.3. The zero-order valence-corrected chi connectivity index (χ0v) is 14.6. The molecule has 3 heterocycles. The second-order valence-corrected chi connectivity index (χ2v) is 7.48. The van der Waals surface area contributed by atoms with Crippen LogP contribution < -0.4 is 5.32 Å². The molecule has 0 aliphatic rings. The highest BCUT2D eigenvalue weighted by Gasteiger charge is 2.21. The molecule has 22 heavy (non-hydrogen) atoms. The van der Waals surface area contributed by atoms with Gasteiger partial charge in [-0.25, -0.2) is 9.97 Å². The Morgan fingerprint density at radius 3 is 2.77 bits per heavy atom. The molecule has 1 N–H and O–H groups in total. The van der Waals surface area contributed by atoms with Crippen molar-refractivity contribution in [3.63, 3.8) is 0 Å². The van der Waals surface area contributed by atoms with Gasteiger partial charge in [0.1, 0.15) is 9.88 Å². The Bertz CT molecular complexity index is 761. The van der Waals surface area contributed by atoms with E-state index in [4.69, 9.17) is 0 Å². The number of thiophene rings is 1. The maximum atomic E-state index is 12.5. The molecule has 7 heteroatoms. The molecular weight excluding hydrogens is 334 g/mol. The average Bonchev–Trinajstić information content (AvgIpc) is 3.20. The van der Waals surface area contributed by atoms with Gasteiger partial charge >= 0.3 is 0 Å². The Kier molecular flexibility index (Phi) is 4.66. The first-order valence-corrected chi connectivity index (χ1v) is 9.47. The van der Waals surface area contributed by atoms with Gasteiger partial charge in [0, 0.05) is 17.5 Å². The SMILES string of the molecule is Cc1csc(C(Cc2ccsc2)NC(=O)c2scnc2C)n1. The van der Waals surface area contributed by atoms with E-state index in [1.54, 1.807) is 28.2 Å². The van der Waals surface area contributed by atoms with E-state index >= 15 is 0 Å². The molecule has 1 atom stereocenters. The second-order valence-electron chi connectivity index (χ2n) is 4.96. The fourth-order valence-corrected chi connectivity index (χ4v) is 4.35. The molecule has 0 radical (unpaired) electrons. The van der Waals surface area contributed by atoms with E-state index < -0.39 is 0 Å². The van der Waals surface area contributed by atoms with Gasteiger partial charge < -0.3 is 5.32 Å². The molecule has 0 spiro atoms. The third kappa shape index (κ3) is 3.43. The monoisotopic (exact) mass is 349 g/mol. The number of hydrogen-bond acceptors (Lipinski definition) is 6. The molecule has 0 fully saturated rings. The zero-order chi connectivity index (χ0) is 15.5. The smallest absolute Gasteiger partial charge is 0.263 e. The van der Waals surface area contributed by atoms with E-state index in [0.29, 0.717) is 4.88 Å². The Hall–Kier alpha value is -1.57. The number of aryl methyl sites for hydroxylation is 2. The summed E-state index contributed by atoms with van der Waals surface area (Å²) < 4.78 is 0. The van der Waals surface area contributed by atoms with Crippen LogP contribution in [0.4, 0.5) is 0 Å². The molecule has 1 unspecified atom stereocenters. The number of nitrogens with one attached hydrogen (secondary N) is 1. The van der Waals surface area contributed by atoms with Crippen LogP contribution in [0.15, 0.2) is 27.7 Å². The zero-order valence-electron chi connectivity index (χ0n) is 12.2. The Morgan fingerprint density at radius 1 is 1.32 bits per heavy atom. The van der Waals surface area contributed by atoms with Gasteiger partial charge in [0.25, 0.3) is 5.91 Å². The Balaban J connectivity index is 1.82. The maximum Gasteiger partial charge on any atom is 0.263 e. The minimum atomic E-state index is -0.109. The predicted molar refractivity (Wildman–Crippen MR) is 91.9 cm³/mol. The van der Waals surface area contributed by atoms with Gasteiger partial charge in [0.2, 0.25) is 0 Å². The van der Waals surface area contributed by atoms with Gasteiger partial charge in [-0.05, 0) is 36.2 Å². The lowest BCUT2D eigenvalue weighted by atomic mass is 10.1. The lowest BCUT2D eigenvalue weighted by Gasteiger charge is -2.15. The van der Waals surface area contributed by atoms with Crippen LogP contribution >= 0.6 is 34.0 Å². The molecule has 3 rings (SSSR count). The van der Waals surface area contributed by atoms with Crippen LogP contribution in [-0.2, 0) is 6.42 Å². The number of nitrogens with zero attached hydrogens (tertiary/aromatic N) is 2. The minimum Gasteiger partial charge on any atom is -0.342 e. The highest BCUT2D eigenvalue weighted by molar-refractivity contribution is 7.12. The number of thiazole rings is 2. The van der Waals surface area contributed by atoms with Crippen LogP contribution in [-0.4, -0.2) is 15.9 Å². The first kappa shape index (κ1) is 15.3. The molecule has 3 aromatic heterocycles. The summed E-state index contributed by atoms with van der Waals surface area (Å²) in [4.78, 5) is 21.8. The standard InChI is InChI=1S/C15H15N3OS3/c1-9-6-21-15(17-9)12(5-11-3-4-20-7-11)18-14(19)13-10(2)16-8-22-13/h3-4,6-8,12H,5H2,1-2H3,(H,18,19). The lowest BCUT2D eigenvalue weighted by molar-refractivity contribution is 0.0939. The van der Waals surface area contributed by atoms with Crippen LogP contribution in [0, 0.1) is 13.8 Å². The van der Waals surface area contributed by atoms with Crippen molar-refractivity contribution in [1.82, 2.24) is 15.3 Å². The van der Waals surface area contributed by atoms with Crippen molar-refractivity contribution in [2.24, 2.45) is 0 Å². The second kappa shape index (κ2) is 6.68. The molecule has 4 nitrogen and oxygen atoms in total. The van der Waals surface area contributed by atoms with E-state index in [9.17, 15) is 4.79 Å². The molecule has 0 aromatic carbocycles. The summed E-state index contributed by atoms with van der Waals surface area (Å²) in [6.45, 7) is 3.82. The van der Waals surface area contributed by atoms with Gasteiger partial charge in [-0.15, -0.1) is 22.7 Å². The fourth-order valence-electron chi connectivity index (χ4n) is 2.12. The Morgan fingerprint density at radius 2 is 2.18 bits per heavy atom. The Labute approximate surface area is 140 Å². The highest BCUT2D eigenvalue weighted by atomic mass is 32.1. The van der Waals surface area contributed by atoms with Crippen LogP contribution in [0.2, 0.25) is 0 Å². The summed E-state index contributed by atoms with van der Waals surface area (Å²) in [6, 6.07) is 1.98. The minimum absolute atomic E-state index is 0.0758. The van der Waals surface area contributed by atoms with Gasteiger partial charge in [-0.3, -0.25) is 4.79 Å². The molecule has 0 aliphatic heterocycles. The topological polar surface area (TPSA) is 54.9 Å². The molecule has 0 bridgehead atoms. The molecule has 0 saturated heterocycles. The van der Waals surface area contributed by atoms with Crippen molar-refractivity contribution in [3.8, 4) is 0 Å². The summed E-state index contributed by atoms with van der Waals surface area (Å²) in [7, 11) is 0. The number of carbonyl (C=O) groups excluding carboxylic acids is 1. The number of hydrogen-bond donors (Lipinski definition) is 1. The van der Waals surface area contributed by atoms with Crippen molar-refractivity contribution in [1.29, 1.82) is 0 Å². The van der Waals surface area contributed by atoms with Gasteiger partial charge in [0.15, 0.2) is 0 Å². The number of amides is 1. The molecule has 3 aromatic rings. The summed E-state index contributed by atoms with van der Waals surface area (Å²) in [5.41, 5.74) is 4.67. The molecular formula is C15H15N3OS3. The largest absolute Gasteiger partial charge is 0.342 e. The first-order chi connectivity index (χ1) is 10.6. The third-order valence-electron chi connectivity index (χ3n) is 3.21. The van der Waals surface area contributed by atoms with Crippen molar-refractivity contribution < 1.29 is 4.79 Å². The maximum absolute atomic E-state index is 12.5. The quantitative estimate of drug-likeness (QED) is 0.758. The molecule has 0 saturated carbocycles. The third-order valence-corrected chi connectivity index (χ3v) is 5.95. The number of carbonyl (C=O) groups is 1. The molecule has 0 aliphatic carbocycles. The van der Waals surface area contributed by atoms with Crippen LogP contribution in [0.3, 0.4) is 0 Å². The fraction of sp³-hybridized carbons (Fsp3) is 0.267. The summed E-state index contributed by atoms with van der Waals surface area (Å²) in [6.07, 6.45) is 0.750. The molecule has 114 valence electrons. The van der Waals surface area contributed by atoms with Crippen molar-refractivity contribution in [2.45, 2.75) is 26.3 Å².